The fourth-order valence-corrected chi connectivity index (χ4v) is 1.86. The second-order valence-electron chi connectivity index (χ2n) is 4.26. The van der Waals surface area contributed by atoms with Gasteiger partial charge < -0.3 is 10.1 Å². The number of hydrogen-bond donors (Lipinski definition) is 1. The highest BCUT2D eigenvalue weighted by Gasteiger charge is 2.07. The highest BCUT2D eigenvalue weighted by Crippen LogP contribution is 2.15. The van der Waals surface area contributed by atoms with Crippen LogP contribution in [-0.4, -0.2) is 19.6 Å². The summed E-state index contributed by atoms with van der Waals surface area (Å²) in [5, 5.41) is 4.07. The summed E-state index contributed by atoms with van der Waals surface area (Å²) in [6.45, 7) is 4.63. The summed E-state index contributed by atoms with van der Waals surface area (Å²) in [6.07, 6.45) is 2.54. The molecule has 1 atom stereocenters. The Bertz CT molecular complexity index is 440. The topological polar surface area (TPSA) is 38.3 Å². The number of carbonyl (C=O) groups excluding carboxylic acids is 1. The molecule has 0 saturated heterocycles. The third kappa shape index (κ3) is 5.05. The molecule has 104 valence electrons. The van der Waals surface area contributed by atoms with Crippen LogP contribution >= 0.6 is 11.6 Å². The van der Waals surface area contributed by atoms with E-state index in [-0.39, 0.29) is 12.0 Å². The molecule has 0 amide bonds. The van der Waals surface area contributed by atoms with Gasteiger partial charge in [-0.1, -0.05) is 36.7 Å². The summed E-state index contributed by atoms with van der Waals surface area (Å²) in [4.78, 5) is 11.4. The monoisotopic (exact) mass is 281 g/mol. The van der Waals surface area contributed by atoms with Crippen molar-refractivity contribution in [2.45, 2.75) is 26.3 Å². The van der Waals surface area contributed by atoms with Crippen molar-refractivity contribution in [1.82, 2.24) is 5.32 Å². The molecule has 0 bridgehead atoms. The van der Waals surface area contributed by atoms with E-state index in [0.29, 0.717) is 18.5 Å². The van der Waals surface area contributed by atoms with Crippen LogP contribution in [0.3, 0.4) is 0 Å². The smallest absolute Gasteiger partial charge is 0.333 e. The number of carbonyl (C=O) groups is 1. The molecule has 3 nitrogen and oxygen atoms in total. The lowest BCUT2D eigenvalue weighted by atomic mass is 10.1. The molecule has 19 heavy (non-hydrogen) atoms. The van der Waals surface area contributed by atoms with E-state index in [1.807, 2.05) is 37.3 Å². The van der Waals surface area contributed by atoms with Gasteiger partial charge in [-0.2, -0.15) is 0 Å². The standard InChI is InChI=1S/C15H20ClNO2/c1-4-12(15(18)19-3)9-10-17-11(2)13-5-7-14(16)8-6-13/h5-9,11,17H,4,10H2,1-3H3/b12-9-. The zero-order valence-corrected chi connectivity index (χ0v) is 12.3. The predicted octanol–water partition coefficient (Wildman–Crippen LogP) is 3.50. The van der Waals surface area contributed by atoms with Crippen LogP contribution in [0.25, 0.3) is 0 Å². The van der Waals surface area contributed by atoms with Crippen LogP contribution in [0.5, 0.6) is 0 Å². The zero-order chi connectivity index (χ0) is 14.3. The van der Waals surface area contributed by atoms with E-state index in [1.54, 1.807) is 0 Å². The van der Waals surface area contributed by atoms with Crippen molar-refractivity contribution in [3.8, 4) is 0 Å². The molecule has 0 fully saturated rings. The van der Waals surface area contributed by atoms with Gasteiger partial charge in [-0.05, 0) is 31.0 Å². The molecule has 4 heteroatoms. The Labute approximate surface area is 119 Å². The fourth-order valence-electron chi connectivity index (χ4n) is 1.73. The van der Waals surface area contributed by atoms with E-state index in [9.17, 15) is 4.79 Å². The average molecular weight is 282 g/mol. The van der Waals surface area contributed by atoms with Crippen LogP contribution in [0.2, 0.25) is 5.02 Å². The van der Waals surface area contributed by atoms with Crippen LogP contribution in [-0.2, 0) is 9.53 Å². The number of ether oxygens (including phenoxy) is 1. The summed E-state index contributed by atoms with van der Waals surface area (Å²) < 4.78 is 4.71. The molecular weight excluding hydrogens is 262 g/mol. The fraction of sp³-hybridized carbons (Fsp3) is 0.400. The first-order chi connectivity index (χ1) is 9.08. The molecule has 0 saturated carbocycles. The molecule has 0 aliphatic carbocycles. The maximum absolute atomic E-state index is 11.4. The lowest BCUT2D eigenvalue weighted by molar-refractivity contribution is -0.136. The predicted molar refractivity (Wildman–Crippen MR) is 78.3 cm³/mol. The van der Waals surface area contributed by atoms with Crippen molar-refractivity contribution in [1.29, 1.82) is 0 Å². The molecule has 1 aromatic carbocycles. The molecule has 0 spiro atoms. The number of halogens is 1. The molecule has 0 aliphatic heterocycles. The molecule has 1 rings (SSSR count). The summed E-state index contributed by atoms with van der Waals surface area (Å²) in [6, 6.07) is 7.92. The van der Waals surface area contributed by atoms with E-state index >= 15 is 0 Å². The van der Waals surface area contributed by atoms with Crippen molar-refractivity contribution in [2.75, 3.05) is 13.7 Å². The van der Waals surface area contributed by atoms with Crippen LogP contribution in [0.15, 0.2) is 35.9 Å². The highest BCUT2D eigenvalue weighted by molar-refractivity contribution is 6.30. The Morgan fingerprint density at radius 2 is 2.05 bits per heavy atom. The quantitative estimate of drug-likeness (QED) is 0.641. The number of nitrogens with one attached hydrogen (secondary N) is 1. The van der Waals surface area contributed by atoms with Crippen LogP contribution in [0, 0.1) is 0 Å². The van der Waals surface area contributed by atoms with Gasteiger partial charge >= 0.3 is 5.97 Å². The lowest BCUT2D eigenvalue weighted by Crippen LogP contribution is -2.19. The molecule has 0 aliphatic rings. The molecule has 0 radical (unpaired) electrons. The number of rotatable bonds is 6. The van der Waals surface area contributed by atoms with E-state index < -0.39 is 0 Å². The van der Waals surface area contributed by atoms with Crippen molar-refractivity contribution < 1.29 is 9.53 Å². The first-order valence-corrected chi connectivity index (χ1v) is 6.72. The Hall–Kier alpha value is -1.32. The van der Waals surface area contributed by atoms with Gasteiger partial charge in [-0.3, -0.25) is 0 Å². The molecule has 0 aromatic heterocycles. The highest BCUT2D eigenvalue weighted by atomic mass is 35.5. The van der Waals surface area contributed by atoms with Gasteiger partial charge in [0.25, 0.3) is 0 Å². The maximum Gasteiger partial charge on any atom is 0.333 e. The number of benzene rings is 1. The van der Waals surface area contributed by atoms with Gasteiger partial charge in [0.15, 0.2) is 0 Å². The van der Waals surface area contributed by atoms with Crippen molar-refractivity contribution in [2.24, 2.45) is 0 Å². The minimum Gasteiger partial charge on any atom is -0.466 e. The van der Waals surface area contributed by atoms with E-state index in [1.165, 1.54) is 7.11 Å². The number of hydrogen-bond acceptors (Lipinski definition) is 3. The van der Waals surface area contributed by atoms with Crippen LogP contribution < -0.4 is 5.32 Å². The third-order valence-corrected chi connectivity index (χ3v) is 3.22. The minimum atomic E-state index is -0.261. The van der Waals surface area contributed by atoms with Crippen LogP contribution in [0.1, 0.15) is 31.9 Å². The van der Waals surface area contributed by atoms with E-state index in [2.05, 4.69) is 12.2 Å². The Morgan fingerprint density at radius 3 is 2.58 bits per heavy atom. The van der Waals surface area contributed by atoms with Gasteiger partial charge in [0.05, 0.1) is 7.11 Å². The molecule has 1 aromatic rings. The zero-order valence-electron chi connectivity index (χ0n) is 11.6. The average Bonchev–Trinajstić information content (AvgIpc) is 2.43. The number of methoxy groups -OCH3 is 1. The summed E-state index contributed by atoms with van der Waals surface area (Å²) in [5.74, 6) is -0.261. The normalized spacial score (nSPS) is 13.2. The van der Waals surface area contributed by atoms with E-state index in [0.717, 1.165) is 10.6 Å². The first-order valence-electron chi connectivity index (χ1n) is 6.34. The Balaban J connectivity index is 2.54. The van der Waals surface area contributed by atoms with Crippen molar-refractivity contribution in [3.63, 3.8) is 0 Å². The first kappa shape index (κ1) is 15.7. The lowest BCUT2D eigenvalue weighted by Gasteiger charge is -2.13. The Kier molecular flexibility index (Phi) is 6.60. The third-order valence-electron chi connectivity index (χ3n) is 2.97. The Morgan fingerprint density at radius 1 is 1.42 bits per heavy atom. The second kappa shape index (κ2) is 7.97. The summed E-state index contributed by atoms with van der Waals surface area (Å²) in [5.41, 5.74) is 1.85. The summed E-state index contributed by atoms with van der Waals surface area (Å²) in [7, 11) is 1.40. The van der Waals surface area contributed by atoms with E-state index in [4.69, 9.17) is 16.3 Å². The van der Waals surface area contributed by atoms with Crippen molar-refractivity contribution >= 4 is 17.6 Å². The van der Waals surface area contributed by atoms with Gasteiger partial charge in [0.2, 0.25) is 0 Å². The summed E-state index contributed by atoms with van der Waals surface area (Å²) >= 11 is 5.85. The SMILES string of the molecule is CC/C(=C/CNC(C)c1ccc(Cl)cc1)C(=O)OC. The van der Waals surface area contributed by atoms with Gasteiger partial charge in [-0.15, -0.1) is 0 Å². The molecular formula is C15H20ClNO2. The van der Waals surface area contributed by atoms with Gasteiger partial charge in [0.1, 0.15) is 0 Å². The number of esters is 1. The van der Waals surface area contributed by atoms with Gasteiger partial charge in [0, 0.05) is 23.2 Å². The molecule has 1 N–H and O–H groups in total. The van der Waals surface area contributed by atoms with Gasteiger partial charge in [-0.25, -0.2) is 4.79 Å². The molecule has 0 heterocycles. The van der Waals surface area contributed by atoms with Crippen LogP contribution in [0.4, 0.5) is 0 Å². The maximum atomic E-state index is 11.4. The van der Waals surface area contributed by atoms with Crippen molar-refractivity contribution in [3.05, 3.63) is 46.5 Å². The largest absolute Gasteiger partial charge is 0.466 e. The molecule has 1 unspecified atom stereocenters. The second-order valence-corrected chi connectivity index (χ2v) is 4.69. The minimum absolute atomic E-state index is 0.198.